The van der Waals surface area contributed by atoms with Crippen LogP contribution in [-0.2, 0) is 10.0 Å². The van der Waals surface area contributed by atoms with Gasteiger partial charge >= 0.3 is 0 Å². The fourth-order valence-corrected chi connectivity index (χ4v) is 3.07. The van der Waals surface area contributed by atoms with Crippen molar-refractivity contribution in [2.45, 2.75) is 18.2 Å². The Morgan fingerprint density at radius 2 is 2.06 bits per heavy atom. The molecular formula is C11H17FN2O3S. The van der Waals surface area contributed by atoms with Crippen molar-refractivity contribution >= 4 is 15.7 Å². The third-order valence-corrected chi connectivity index (χ3v) is 4.33. The van der Waals surface area contributed by atoms with Gasteiger partial charge in [0.1, 0.15) is 5.82 Å². The van der Waals surface area contributed by atoms with Crippen molar-refractivity contribution in [3.05, 3.63) is 24.0 Å². The molecule has 0 aliphatic heterocycles. The molecule has 0 heterocycles. The molecule has 1 aromatic carbocycles. The summed E-state index contributed by atoms with van der Waals surface area (Å²) in [5, 5.41) is 8.87. The van der Waals surface area contributed by atoms with Crippen LogP contribution < -0.4 is 5.73 Å². The number of nitrogens with two attached hydrogens (primary N) is 1. The van der Waals surface area contributed by atoms with E-state index in [1.807, 2.05) is 6.92 Å². The number of aliphatic hydroxyl groups excluding tert-OH is 1. The number of rotatable bonds is 6. The summed E-state index contributed by atoms with van der Waals surface area (Å²) in [6.07, 6.45) is 0.608. The second-order valence-corrected chi connectivity index (χ2v) is 5.75. The molecule has 0 aromatic heterocycles. The molecule has 0 unspecified atom stereocenters. The second-order valence-electron chi connectivity index (χ2n) is 3.81. The fourth-order valence-electron chi connectivity index (χ4n) is 1.53. The molecule has 1 aromatic rings. The first-order chi connectivity index (χ1) is 8.43. The van der Waals surface area contributed by atoms with Gasteiger partial charge in [-0.1, -0.05) is 6.92 Å². The molecule has 0 radical (unpaired) electrons. The van der Waals surface area contributed by atoms with E-state index in [4.69, 9.17) is 10.8 Å². The van der Waals surface area contributed by atoms with Crippen LogP contribution in [0.15, 0.2) is 23.1 Å². The maximum atomic E-state index is 13.3. The Morgan fingerprint density at radius 3 is 2.56 bits per heavy atom. The lowest BCUT2D eigenvalue weighted by atomic mass is 10.3. The van der Waals surface area contributed by atoms with Crippen molar-refractivity contribution < 1.29 is 17.9 Å². The van der Waals surface area contributed by atoms with E-state index in [0.717, 1.165) is 10.4 Å². The molecule has 3 N–H and O–H groups in total. The van der Waals surface area contributed by atoms with Gasteiger partial charge in [0.05, 0.1) is 17.2 Å². The molecule has 18 heavy (non-hydrogen) atoms. The van der Waals surface area contributed by atoms with Crippen LogP contribution in [0, 0.1) is 5.82 Å². The summed E-state index contributed by atoms with van der Waals surface area (Å²) in [6.45, 7) is 1.80. The smallest absolute Gasteiger partial charge is 0.243 e. The molecule has 0 fully saturated rings. The number of halogens is 1. The summed E-state index contributed by atoms with van der Waals surface area (Å²) in [5.74, 6) is -0.767. The van der Waals surface area contributed by atoms with E-state index in [0.29, 0.717) is 6.42 Å². The van der Waals surface area contributed by atoms with E-state index in [2.05, 4.69) is 0 Å². The summed E-state index contributed by atoms with van der Waals surface area (Å²) in [5.41, 5.74) is 5.20. The van der Waals surface area contributed by atoms with E-state index in [9.17, 15) is 12.8 Å². The minimum Gasteiger partial charge on any atom is -0.396 e. The lowest BCUT2D eigenvalue weighted by molar-refractivity contribution is 0.253. The maximum Gasteiger partial charge on any atom is 0.243 e. The van der Waals surface area contributed by atoms with Crippen molar-refractivity contribution in [1.82, 2.24) is 4.31 Å². The third-order valence-electron chi connectivity index (χ3n) is 2.43. The minimum atomic E-state index is -3.79. The molecule has 5 nitrogen and oxygen atoms in total. The first-order valence-corrected chi connectivity index (χ1v) is 7.03. The molecule has 1 rings (SSSR count). The van der Waals surface area contributed by atoms with Gasteiger partial charge in [-0.25, -0.2) is 12.8 Å². The fraction of sp³-hybridized carbons (Fsp3) is 0.455. The van der Waals surface area contributed by atoms with E-state index < -0.39 is 15.8 Å². The highest BCUT2D eigenvalue weighted by atomic mass is 32.2. The van der Waals surface area contributed by atoms with Crippen LogP contribution in [0.3, 0.4) is 0 Å². The standard InChI is InChI=1S/C11H17FN2O3S/c1-2-5-14(6-7-15)18(16,17)9-3-4-11(13)10(12)8-9/h3-4,8,15H,2,5-7,13H2,1H3. The van der Waals surface area contributed by atoms with Gasteiger partial charge in [0.25, 0.3) is 0 Å². The van der Waals surface area contributed by atoms with Crippen molar-refractivity contribution in [3.8, 4) is 0 Å². The predicted octanol–water partition coefficient (Wildman–Crippen LogP) is 0.801. The van der Waals surface area contributed by atoms with Gasteiger partial charge in [-0.05, 0) is 24.6 Å². The molecule has 0 saturated carbocycles. The number of nitrogen functional groups attached to an aromatic ring is 1. The highest BCUT2D eigenvalue weighted by molar-refractivity contribution is 7.89. The first kappa shape index (κ1) is 14.9. The third kappa shape index (κ3) is 3.18. The first-order valence-electron chi connectivity index (χ1n) is 5.59. The summed E-state index contributed by atoms with van der Waals surface area (Å²) < 4.78 is 38.8. The van der Waals surface area contributed by atoms with E-state index in [1.165, 1.54) is 12.1 Å². The summed E-state index contributed by atoms with van der Waals surface area (Å²) in [7, 11) is -3.79. The number of hydrogen-bond donors (Lipinski definition) is 2. The van der Waals surface area contributed by atoms with Crippen LogP contribution in [-0.4, -0.2) is 37.5 Å². The van der Waals surface area contributed by atoms with Gasteiger partial charge in [-0.15, -0.1) is 0 Å². The molecule has 0 aliphatic carbocycles. The lowest BCUT2D eigenvalue weighted by Crippen LogP contribution is -2.34. The number of nitrogens with zero attached hydrogens (tertiary/aromatic N) is 1. The average Bonchev–Trinajstić information content (AvgIpc) is 2.32. The molecule has 0 saturated heterocycles. The van der Waals surface area contributed by atoms with E-state index >= 15 is 0 Å². The zero-order chi connectivity index (χ0) is 13.8. The van der Waals surface area contributed by atoms with Gasteiger partial charge in [0.2, 0.25) is 10.0 Å². The second kappa shape index (κ2) is 6.12. The van der Waals surface area contributed by atoms with Crippen molar-refractivity contribution in [2.75, 3.05) is 25.4 Å². The van der Waals surface area contributed by atoms with Crippen molar-refractivity contribution in [3.63, 3.8) is 0 Å². The van der Waals surface area contributed by atoms with Gasteiger partial charge in [0, 0.05) is 13.1 Å². The van der Waals surface area contributed by atoms with Crippen LogP contribution in [0.2, 0.25) is 0 Å². The Morgan fingerprint density at radius 1 is 1.39 bits per heavy atom. The van der Waals surface area contributed by atoms with Crippen LogP contribution in [0.1, 0.15) is 13.3 Å². The average molecular weight is 276 g/mol. The van der Waals surface area contributed by atoms with Gasteiger partial charge in [0.15, 0.2) is 0 Å². The molecular weight excluding hydrogens is 259 g/mol. The SMILES string of the molecule is CCCN(CCO)S(=O)(=O)c1ccc(N)c(F)c1. The topological polar surface area (TPSA) is 83.6 Å². The summed E-state index contributed by atoms with van der Waals surface area (Å²) in [6, 6.07) is 3.36. The summed E-state index contributed by atoms with van der Waals surface area (Å²) >= 11 is 0. The predicted molar refractivity (Wildman–Crippen MR) is 66.9 cm³/mol. The normalized spacial score (nSPS) is 12.0. The largest absolute Gasteiger partial charge is 0.396 e. The number of hydrogen-bond acceptors (Lipinski definition) is 4. The highest BCUT2D eigenvalue weighted by Gasteiger charge is 2.24. The van der Waals surface area contributed by atoms with Crippen LogP contribution in [0.5, 0.6) is 0 Å². The molecule has 0 atom stereocenters. The lowest BCUT2D eigenvalue weighted by Gasteiger charge is -2.20. The van der Waals surface area contributed by atoms with Gasteiger partial charge < -0.3 is 10.8 Å². The zero-order valence-corrected chi connectivity index (χ0v) is 11.0. The van der Waals surface area contributed by atoms with Gasteiger partial charge in [-0.2, -0.15) is 4.31 Å². The quantitative estimate of drug-likeness (QED) is 0.753. The van der Waals surface area contributed by atoms with Crippen LogP contribution >= 0.6 is 0 Å². The van der Waals surface area contributed by atoms with E-state index in [1.54, 1.807) is 0 Å². The Kier molecular flexibility index (Phi) is 5.06. The zero-order valence-electron chi connectivity index (χ0n) is 10.1. The van der Waals surface area contributed by atoms with Crippen molar-refractivity contribution in [2.24, 2.45) is 0 Å². The molecule has 0 spiro atoms. The maximum absolute atomic E-state index is 13.3. The number of benzene rings is 1. The van der Waals surface area contributed by atoms with Crippen LogP contribution in [0.25, 0.3) is 0 Å². The molecule has 7 heteroatoms. The number of aliphatic hydroxyl groups is 1. The Balaban J connectivity index is 3.13. The Bertz CT molecular complexity index is 499. The molecule has 0 bridgehead atoms. The van der Waals surface area contributed by atoms with Crippen molar-refractivity contribution in [1.29, 1.82) is 0 Å². The molecule has 0 amide bonds. The number of sulfonamides is 1. The highest BCUT2D eigenvalue weighted by Crippen LogP contribution is 2.20. The molecule has 102 valence electrons. The Labute approximate surface area is 106 Å². The monoisotopic (exact) mass is 276 g/mol. The minimum absolute atomic E-state index is 0.0117. The Hall–Kier alpha value is -1.18. The van der Waals surface area contributed by atoms with Gasteiger partial charge in [-0.3, -0.25) is 0 Å². The van der Waals surface area contributed by atoms with E-state index in [-0.39, 0.29) is 30.3 Å². The number of anilines is 1. The summed E-state index contributed by atoms with van der Waals surface area (Å²) in [4.78, 5) is -0.156. The molecule has 0 aliphatic rings. The van der Waals surface area contributed by atoms with Crippen LogP contribution in [0.4, 0.5) is 10.1 Å².